The molecule has 2 aliphatic rings. The Balaban J connectivity index is 1.94. The Morgan fingerprint density at radius 3 is 2.78 bits per heavy atom. The molecule has 2 rings (SSSR count). The van der Waals surface area contributed by atoms with Crippen LogP contribution in [0.3, 0.4) is 0 Å². The minimum Gasteiger partial charge on any atom is -0.355 e. The van der Waals surface area contributed by atoms with E-state index in [0.29, 0.717) is 13.1 Å². The van der Waals surface area contributed by atoms with E-state index in [1.165, 1.54) is 6.26 Å². The molecule has 104 valence electrons. The van der Waals surface area contributed by atoms with E-state index >= 15 is 0 Å². The van der Waals surface area contributed by atoms with Crippen LogP contribution < -0.4 is 5.32 Å². The van der Waals surface area contributed by atoms with Gasteiger partial charge >= 0.3 is 0 Å². The maximum absolute atomic E-state index is 11.7. The molecule has 1 atom stereocenters. The normalized spacial score (nSPS) is 26.2. The van der Waals surface area contributed by atoms with Crippen LogP contribution in [-0.2, 0) is 10.0 Å². The summed E-state index contributed by atoms with van der Waals surface area (Å²) in [5.74, 6) is 0.883. The van der Waals surface area contributed by atoms with Crippen LogP contribution in [0.15, 0.2) is 4.99 Å². The molecule has 1 unspecified atom stereocenters. The van der Waals surface area contributed by atoms with Gasteiger partial charge in [-0.05, 0) is 12.8 Å². The summed E-state index contributed by atoms with van der Waals surface area (Å²) in [4.78, 5) is 6.41. The van der Waals surface area contributed by atoms with Gasteiger partial charge in [0.15, 0.2) is 5.96 Å². The Labute approximate surface area is 109 Å². The number of nitrogens with zero attached hydrogens (tertiary/aromatic N) is 3. The number of likely N-dealkylation sites (N-methyl/N-ethyl adjacent to an activating group) is 1. The van der Waals surface area contributed by atoms with Crippen LogP contribution in [0.1, 0.15) is 19.3 Å². The third-order valence-electron chi connectivity index (χ3n) is 3.55. The zero-order valence-corrected chi connectivity index (χ0v) is 11.9. The SMILES string of the molecule is CN1CCN=C1NCC1CCCCN1S(C)(=O)=O. The summed E-state index contributed by atoms with van der Waals surface area (Å²) in [6, 6.07) is 0.0606. The topological polar surface area (TPSA) is 65.0 Å². The molecule has 0 amide bonds. The lowest BCUT2D eigenvalue weighted by Crippen LogP contribution is -2.50. The molecule has 0 aliphatic carbocycles. The summed E-state index contributed by atoms with van der Waals surface area (Å²) in [5, 5.41) is 3.27. The lowest BCUT2D eigenvalue weighted by molar-refractivity contribution is 0.252. The van der Waals surface area contributed by atoms with E-state index in [2.05, 4.69) is 15.2 Å². The monoisotopic (exact) mass is 274 g/mol. The Morgan fingerprint density at radius 2 is 2.17 bits per heavy atom. The van der Waals surface area contributed by atoms with Gasteiger partial charge in [0.05, 0.1) is 12.8 Å². The van der Waals surface area contributed by atoms with Gasteiger partial charge in [0.2, 0.25) is 10.0 Å². The summed E-state index contributed by atoms with van der Waals surface area (Å²) in [6.45, 7) is 3.05. The van der Waals surface area contributed by atoms with Crippen molar-refractivity contribution in [2.45, 2.75) is 25.3 Å². The van der Waals surface area contributed by atoms with Gasteiger partial charge in [-0.1, -0.05) is 6.42 Å². The Bertz CT molecular complexity index is 421. The fraction of sp³-hybridized carbons (Fsp3) is 0.909. The van der Waals surface area contributed by atoms with Gasteiger partial charge in [-0.3, -0.25) is 4.99 Å². The fourth-order valence-electron chi connectivity index (χ4n) is 2.55. The summed E-state index contributed by atoms with van der Waals surface area (Å²) in [5.41, 5.74) is 0. The van der Waals surface area contributed by atoms with Gasteiger partial charge in [0.25, 0.3) is 0 Å². The van der Waals surface area contributed by atoms with Crippen molar-refractivity contribution in [3.63, 3.8) is 0 Å². The number of aliphatic imine (C=N–C) groups is 1. The molecular weight excluding hydrogens is 252 g/mol. The zero-order chi connectivity index (χ0) is 13.2. The van der Waals surface area contributed by atoms with Crippen molar-refractivity contribution in [3.8, 4) is 0 Å². The molecule has 6 nitrogen and oxygen atoms in total. The lowest BCUT2D eigenvalue weighted by Gasteiger charge is -2.34. The Hall–Kier alpha value is -0.820. The van der Waals surface area contributed by atoms with Crippen molar-refractivity contribution in [2.24, 2.45) is 4.99 Å². The van der Waals surface area contributed by atoms with Crippen LogP contribution in [0.5, 0.6) is 0 Å². The van der Waals surface area contributed by atoms with Crippen LogP contribution >= 0.6 is 0 Å². The van der Waals surface area contributed by atoms with E-state index in [1.54, 1.807) is 4.31 Å². The quantitative estimate of drug-likeness (QED) is 0.767. The summed E-state index contributed by atoms with van der Waals surface area (Å²) in [6.07, 6.45) is 4.28. The first-order chi connectivity index (χ1) is 8.48. The molecule has 0 aromatic carbocycles. The predicted octanol–water partition coefficient (Wildman–Crippen LogP) is -0.308. The largest absolute Gasteiger partial charge is 0.355 e. The molecular formula is C11H22N4O2S. The van der Waals surface area contributed by atoms with Crippen LogP contribution in [0.4, 0.5) is 0 Å². The van der Waals surface area contributed by atoms with Gasteiger partial charge in [0, 0.05) is 32.7 Å². The third-order valence-corrected chi connectivity index (χ3v) is 4.89. The first-order valence-electron chi connectivity index (χ1n) is 6.45. The fourth-order valence-corrected chi connectivity index (χ4v) is 3.73. The van der Waals surface area contributed by atoms with Crippen molar-refractivity contribution in [2.75, 3.05) is 39.5 Å². The van der Waals surface area contributed by atoms with Gasteiger partial charge in [-0.25, -0.2) is 8.42 Å². The molecule has 18 heavy (non-hydrogen) atoms. The minimum absolute atomic E-state index is 0.0606. The van der Waals surface area contributed by atoms with Crippen molar-refractivity contribution < 1.29 is 8.42 Å². The van der Waals surface area contributed by atoms with Gasteiger partial charge in [-0.2, -0.15) is 4.31 Å². The third kappa shape index (κ3) is 3.14. The molecule has 7 heteroatoms. The molecule has 2 aliphatic heterocycles. The molecule has 1 saturated heterocycles. The predicted molar refractivity (Wildman–Crippen MR) is 72.1 cm³/mol. The van der Waals surface area contributed by atoms with Gasteiger partial charge in [-0.15, -0.1) is 0 Å². The van der Waals surface area contributed by atoms with Crippen LogP contribution in [0, 0.1) is 0 Å². The number of hydrogen-bond acceptors (Lipinski definition) is 5. The molecule has 0 radical (unpaired) electrons. The molecule has 0 aromatic rings. The summed E-state index contributed by atoms with van der Waals surface area (Å²) < 4.78 is 25.1. The zero-order valence-electron chi connectivity index (χ0n) is 11.1. The second-order valence-electron chi connectivity index (χ2n) is 5.03. The number of guanidine groups is 1. The average Bonchev–Trinajstić information content (AvgIpc) is 2.71. The molecule has 0 aromatic heterocycles. The number of hydrogen-bond donors (Lipinski definition) is 1. The highest BCUT2D eigenvalue weighted by molar-refractivity contribution is 7.88. The molecule has 1 N–H and O–H groups in total. The second kappa shape index (κ2) is 5.44. The maximum atomic E-state index is 11.7. The van der Waals surface area contributed by atoms with E-state index < -0.39 is 10.0 Å². The Kier molecular flexibility index (Phi) is 4.11. The number of sulfonamides is 1. The summed E-state index contributed by atoms with van der Waals surface area (Å²) in [7, 11) is -1.10. The number of nitrogens with one attached hydrogen (secondary N) is 1. The first-order valence-corrected chi connectivity index (χ1v) is 8.29. The summed E-state index contributed by atoms with van der Waals surface area (Å²) >= 11 is 0. The van der Waals surface area contributed by atoms with Crippen molar-refractivity contribution in [3.05, 3.63) is 0 Å². The molecule has 0 saturated carbocycles. The highest BCUT2D eigenvalue weighted by Crippen LogP contribution is 2.19. The molecule has 1 fully saturated rings. The molecule has 0 bridgehead atoms. The standard InChI is InChI=1S/C11H22N4O2S/c1-14-8-6-12-11(14)13-9-10-5-3-4-7-15(10)18(2,16)17/h10H,3-9H2,1-2H3,(H,12,13). The van der Waals surface area contributed by atoms with E-state index in [9.17, 15) is 8.42 Å². The minimum atomic E-state index is -3.09. The number of rotatable bonds is 3. The lowest BCUT2D eigenvalue weighted by atomic mass is 10.1. The van der Waals surface area contributed by atoms with E-state index in [0.717, 1.165) is 38.3 Å². The second-order valence-corrected chi connectivity index (χ2v) is 6.97. The number of piperidine rings is 1. The maximum Gasteiger partial charge on any atom is 0.211 e. The van der Waals surface area contributed by atoms with Gasteiger partial charge in [0.1, 0.15) is 0 Å². The highest BCUT2D eigenvalue weighted by atomic mass is 32.2. The van der Waals surface area contributed by atoms with E-state index in [1.807, 2.05) is 7.05 Å². The van der Waals surface area contributed by atoms with E-state index in [4.69, 9.17) is 0 Å². The highest BCUT2D eigenvalue weighted by Gasteiger charge is 2.29. The van der Waals surface area contributed by atoms with Gasteiger partial charge < -0.3 is 10.2 Å². The average molecular weight is 274 g/mol. The van der Waals surface area contributed by atoms with E-state index in [-0.39, 0.29) is 6.04 Å². The molecule has 0 spiro atoms. The van der Waals surface area contributed by atoms with Crippen LogP contribution in [0.25, 0.3) is 0 Å². The first kappa shape index (κ1) is 13.6. The van der Waals surface area contributed by atoms with Crippen LogP contribution in [-0.4, -0.2) is 69.1 Å². The molecule has 2 heterocycles. The van der Waals surface area contributed by atoms with Crippen molar-refractivity contribution in [1.82, 2.24) is 14.5 Å². The smallest absolute Gasteiger partial charge is 0.211 e. The van der Waals surface area contributed by atoms with Crippen molar-refractivity contribution >= 4 is 16.0 Å². The van der Waals surface area contributed by atoms with Crippen molar-refractivity contribution in [1.29, 1.82) is 0 Å². The van der Waals surface area contributed by atoms with Crippen LogP contribution in [0.2, 0.25) is 0 Å². The Morgan fingerprint density at radius 1 is 1.39 bits per heavy atom.